The molecular weight excluding hydrogens is 388 g/mol. The minimum absolute atomic E-state index is 0.348. The molecule has 0 saturated carbocycles. The predicted octanol–water partition coefficient (Wildman–Crippen LogP) is 4.84. The molecule has 0 saturated heterocycles. The number of carbonyl (C=O) groups is 1. The van der Waals surface area contributed by atoms with E-state index >= 15 is 0 Å². The second-order valence-electron chi connectivity index (χ2n) is 6.29. The summed E-state index contributed by atoms with van der Waals surface area (Å²) in [4.78, 5) is 12.1. The van der Waals surface area contributed by atoms with Crippen molar-refractivity contribution in [3.8, 4) is 11.5 Å². The summed E-state index contributed by atoms with van der Waals surface area (Å²) in [6, 6.07) is 24.2. The fourth-order valence-corrected chi connectivity index (χ4v) is 2.55. The number of hydrogen-bond donors (Lipinski definition) is 1. The third-order valence-electron chi connectivity index (χ3n) is 4.01. The van der Waals surface area contributed by atoms with Gasteiger partial charge in [0.25, 0.3) is 5.91 Å². The first-order valence-corrected chi connectivity index (χ1v) is 9.50. The van der Waals surface area contributed by atoms with Gasteiger partial charge >= 0.3 is 0 Å². The molecule has 0 aromatic heterocycles. The molecule has 3 aromatic rings. The van der Waals surface area contributed by atoms with Crippen molar-refractivity contribution in [2.45, 2.75) is 19.6 Å². The van der Waals surface area contributed by atoms with Crippen molar-refractivity contribution in [2.24, 2.45) is 5.10 Å². The first kappa shape index (κ1) is 20.4. The predicted molar refractivity (Wildman–Crippen MR) is 114 cm³/mol. The number of nitrogens with one attached hydrogen (secondary N) is 1. The first-order chi connectivity index (χ1) is 14.1. The molecule has 0 aliphatic rings. The van der Waals surface area contributed by atoms with Gasteiger partial charge in [-0.05, 0) is 66.6 Å². The molecule has 0 aliphatic carbocycles. The van der Waals surface area contributed by atoms with Gasteiger partial charge in [0.1, 0.15) is 18.1 Å². The van der Waals surface area contributed by atoms with Gasteiger partial charge in [0, 0.05) is 5.02 Å². The van der Waals surface area contributed by atoms with Crippen molar-refractivity contribution < 1.29 is 14.3 Å². The minimum Gasteiger partial charge on any atom is -0.489 e. The van der Waals surface area contributed by atoms with E-state index < -0.39 is 6.10 Å². The summed E-state index contributed by atoms with van der Waals surface area (Å²) in [5.74, 6) is 0.978. The molecule has 0 radical (unpaired) electrons. The molecule has 0 spiro atoms. The summed E-state index contributed by atoms with van der Waals surface area (Å²) in [5.41, 5.74) is 4.42. The topological polar surface area (TPSA) is 59.9 Å². The summed E-state index contributed by atoms with van der Waals surface area (Å²) in [7, 11) is 0. The zero-order chi connectivity index (χ0) is 20.5. The molecule has 1 N–H and O–H groups in total. The monoisotopic (exact) mass is 408 g/mol. The van der Waals surface area contributed by atoms with E-state index in [1.807, 2.05) is 54.6 Å². The molecule has 0 fully saturated rings. The SMILES string of the molecule is CC(Oc1ccc(Cl)cc1)C(=O)N/N=C/c1ccc(OCc2ccccc2)cc1. The normalized spacial score (nSPS) is 11.8. The van der Waals surface area contributed by atoms with Crippen LogP contribution in [0.4, 0.5) is 0 Å². The highest BCUT2D eigenvalue weighted by atomic mass is 35.5. The van der Waals surface area contributed by atoms with Crippen LogP contribution in [0.2, 0.25) is 5.02 Å². The van der Waals surface area contributed by atoms with E-state index in [1.165, 1.54) is 0 Å². The quantitative estimate of drug-likeness (QED) is 0.428. The Morgan fingerprint density at radius 1 is 1.00 bits per heavy atom. The summed E-state index contributed by atoms with van der Waals surface area (Å²) in [5, 5.41) is 4.58. The fourth-order valence-electron chi connectivity index (χ4n) is 2.42. The lowest BCUT2D eigenvalue weighted by Gasteiger charge is -2.12. The van der Waals surface area contributed by atoms with Crippen molar-refractivity contribution in [1.82, 2.24) is 5.43 Å². The van der Waals surface area contributed by atoms with Crippen molar-refractivity contribution in [3.05, 3.63) is 95.0 Å². The number of nitrogens with zero attached hydrogens (tertiary/aromatic N) is 1. The van der Waals surface area contributed by atoms with Crippen LogP contribution in [0, 0.1) is 0 Å². The number of rotatable bonds is 8. The van der Waals surface area contributed by atoms with Gasteiger partial charge in [-0.1, -0.05) is 41.9 Å². The van der Waals surface area contributed by atoms with Crippen LogP contribution >= 0.6 is 11.6 Å². The Labute approximate surface area is 174 Å². The van der Waals surface area contributed by atoms with E-state index in [9.17, 15) is 4.79 Å². The zero-order valence-corrected chi connectivity index (χ0v) is 16.7. The van der Waals surface area contributed by atoms with E-state index in [0.29, 0.717) is 17.4 Å². The molecule has 5 nitrogen and oxygen atoms in total. The molecule has 1 amide bonds. The van der Waals surface area contributed by atoms with Crippen LogP contribution in [0.5, 0.6) is 11.5 Å². The van der Waals surface area contributed by atoms with Gasteiger partial charge in [0.05, 0.1) is 6.21 Å². The second kappa shape index (κ2) is 10.3. The molecule has 0 heterocycles. The highest BCUT2D eigenvalue weighted by Gasteiger charge is 2.13. The van der Waals surface area contributed by atoms with Gasteiger partial charge in [-0.3, -0.25) is 4.79 Å². The van der Waals surface area contributed by atoms with Crippen LogP contribution in [-0.4, -0.2) is 18.2 Å². The Hall–Kier alpha value is -3.31. The summed E-state index contributed by atoms with van der Waals surface area (Å²) in [6.07, 6.45) is 0.871. The van der Waals surface area contributed by atoms with Gasteiger partial charge in [0.15, 0.2) is 6.10 Å². The van der Waals surface area contributed by atoms with E-state index in [1.54, 1.807) is 37.4 Å². The van der Waals surface area contributed by atoms with Crippen LogP contribution in [0.15, 0.2) is 84.0 Å². The number of hydrazone groups is 1. The highest BCUT2D eigenvalue weighted by molar-refractivity contribution is 6.30. The lowest BCUT2D eigenvalue weighted by atomic mass is 10.2. The summed E-state index contributed by atoms with van der Waals surface area (Å²) >= 11 is 5.83. The van der Waals surface area contributed by atoms with Gasteiger partial charge in [-0.25, -0.2) is 5.43 Å². The largest absolute Gasteiger partial charge is 0.489 e. The minimum atomic E-state index is -0.693. The Morgan fingerprint density at radius 3 is 2.34 bits per heavy atom. The Kier molecular flexibility index (Phi) is 7.25. The zero-order valence-electron chi connectivity index (χ0n) is 15.9. The fraction of sp³-hybridized carbons (Fsp3) is 0.130. The van der Waals surface area contributed by atoms with Gasteiger partial charge < -0.3 is 9.47 Å². The van der Waals surface area contributed by atoms with Crippen molar-refractivity contribution in [1.29, 1.82) is 0 Å². The number of carbonyl (C=O) groups excluding carboxylic acids is 1. The van der Waals surface area contributed by atoms with E-state index in [4.69, 9.17) is 21.1 Å². The van der Waals surface area contributed by atoms with E-state index in [2.05, 4.69) is 10.5 Å². The Balaban J connectivity index is 1.45. The maximum atomic E-state index is 12.1. The second-order valence-corrected chi connectivity index (χ2v) is 6.73. The Morgan fingerprint density at radius 2 is 1.66 bits per heavy atom. The first-order valence-electron chi connectivity index (χ1n) is 9.12. The molecule has 148 valence electrons. The molecule has 3 aromatic carbocycles. The highest BCUT2D eigenvalue weighted by Crippen LogP contribution is 2.17. The standard InChI is InChI=1S/C23H21ClN2O3/c1-17(29-22-13-9-20(24)10-14-22)23(27)26-25-15-18-7-11-21(12-8-18)28-16-19-5-3-2-4-6-19/h2-15,17H,16H2,1H3,(H,26,27)/b25-15+. The van der Waals surface area contributed by atoms with E-state index in [0.717, 1.165) is 16.9 Å². The van der Waals surface area contributed by atoms with Crippen LogP contribution < -0.4 is 14.9 Å². The lowest BCUT2D eigenvalue weighted by Crippen LogP contribution is -2.33. The maximum absolute atomic E-state index is 12.1. The lowest BCUT2D eigenvalue weighted by molar-refractivity contribution is -0.127. The van der Waals surface area contributed by atoms with Gasteiger partial charge in [-0.2, -0.15) is 5.10 Å². The molecule has 29 heavy (non-hydrogen) atoms. The molecule has 3 rings (SSSR count). The summed E-state index contributed by atoms with van der Waals surface area (Å²) < 4.78 is 11.3. The van der Waals surface area contributed by atoms with Crippen molar-refractivity contribution >= 4 is 23.7 Å². The van der Waals surface area contributed by atoms with E-state index in [-0.39, 0.29) is 5.91 Å². The van der Waals surface area contributed by atoms with Crippen LogP contribution in [-0.2, 0) is 11.4 Å². The van der Waals surface area contributed by atoms with Gasteiger partial charge in [0.2, 0.25) is 0 Å². The molecule has 0 bridgehead atoms. The smallest absolute Gasteiger partial charge is 0.280 e. The maximum Gasteiger partial charge on any atom is 0.280 e. The molecule has 6 heteroatoms. The molecule has 0 aliphatic heterocycles. The van der Waals surface area contributed by atoms with Crippen LogP contribution in [0.3, 0.4) is 0 Å². The average molecular weight is 409 g/mol. The number of benzene rings is 3. The van der Waals surface area contributed by atoms with Crippen molar-refractivity contribution in [3.63, 3.8) is 0 Å². The number of hydrogen-bond acceptors (Lipinski definition) is 4. The number of ether oxygens (including phenoxy) is 2. The average Bonchev–Trinajstić information content (AvgIpc) is 2.75. The third-order valence-corrected chi connectivity index (χ3v) is 4.26. The number of halogens is 1. The van der Waals surface area contributed by atoms with Crippen LogP contribution in [0.25, 0.3) is 0 Å². The number of amides is 1. The third kappa shape index (κ3) is 6.66. The van der Waals surface area contributed by atoms with Gasteiger partial charge in [-0.15, -0.1) is 0 Å². The molecular formula is C23H21ClN2O3. The van der Waals surface area contributed by atoms with Crippen molar-refractivity contribution in [2.75, 3.05) is 0 Å². The van der Waals surface area contributed by atoms with Crippen LogP contribution in [0.1, 0.15) is 18.1 Å². The Bertz CT molecular complexity index is 942. The molecule has 1 atom stereocenters. The molecule has 1 unspecified atom stereocenters. The summed E-state index contributed by atoms with van der Waals surface area (Å²) in [6.45, 7) is 2.16.